The molecule has 5 heteroatoms. The van der Waals surface area contributed by atoms with Gasteiger partial charge in [0.1, 0.15) is 17.7 Å². The summed E-state index contributed by atoms with van der Waals surface area (Å²) in [6, 6.07) is 17.5. The van der Waals surface area contributed by atoms with E-state index in [2.05, 4.69) is 0 Å². The fraction of sp³-hybridized carbons (Fsp3) is 0.286. The molecule has 172 valence electrons. The van der Waals surface area contributed by atoms with Gasteiger partial charge in [0.2, 0.25) is 0 Å². The molecule has 1 aliphatic rings. The Balaban J connectivity index is 1.46. The third-order valence-electron chi connectivity index (χ3n) is 6.17. The first-order valence-electron chi connectivity index (χ1n) is 11.2. The first-order valence-corrected chi connectivity index (χ1v) is 11.2. The SMILES string of the molecule is CCc1ccc(-c2ccc(-c3ccc(OCC4C=C(F)C(OC)CC4)cc3)c(F)c2F)cc1. The highest BCUT2D eigenvalue weighted by molar-refractivity contribution is 5.72. The van der Waals surface area contributed by atoms with Crippen LogP contribution >= 0.6 is 0 Å². The Morgan fingerprint density at radius 2 is 1.36 bits per heavy atom. The van der Waals surface area contributed by atoms with Gasteiger partial charge in [-0.3, -0.25) is 0 Å². The Hall–Kier alpha value is -3.05. The van der Waals surface area contributed by atoms with E-state index in [1.54, 1.807) is 42.5 Å². The van der Waals surface area contributed by atoms with Crippen LogP contribution in [0.1, 0.15) is 25.3 Å². The molecule has 33 heavy (non-hydrogen) atoms. The van der Waals surface area contributed by atoms with Crippen LogP contribution in [-0.2, 0) is 11.2 Å². The lowest BCUT2D eigenvalue weighted by Gasteiger charge is -2.23. The molecule has 2 nitrogen and oxygen atoms in total. The molecule has 1 aliphatic carbocycles. The van der Waals surface area contributed by atoms with Crippen LogP contribution in [0.3, 0.4) is 0 Å². The molecule has 0 aromatic heterocycles. The lowest BCUT2D eigenvalue weighted by atomic mass is 9.94. The summed E-state index contributed by atoms with van der Waals surface area (Å²) in [4.78, 5) is 0. The van der Waals surface area contributed by atoms with E-state index in [0.717, 1.165) is 18.4 Å². The molecule has 3 aromatic carbocycles. The summed E-state index contributed by atoms with van der Waals surface area (Å²) in [6.45, 7) is 2.39. The molecule has 2 unspecified atom stereocenters. The highest BCUT2D eigenvalue weighted by atomic mass is 19.2. The number of ether oxygens (including phenoxy) is 2. The van der Waals surface area contributed by atoms with Gasteiger partial charge in [0.05, 0.1) is 6.61 Å². The van der Waals surface area contributed by atoms with E-state index in [9.17, 15) is 13.2 Å². The maximum atomic E-state index is 14.9. The molecule has 0 aliphatic heterocycles. The zero-order valence-electron chi connectivity index (χ0n) is 18.8. The van der Waals surface area contributed by atoms with E-state index in [0.29, 0.717) is 29.9 Å². The van der Waals surface area contributed by atoms with Gasteiger partial charge in [-0.15, -0.1) is 0 Å². The van der Waals surface area contributed by atoms with Gasteiger partial charge in [0.25, 0.3) is 0 Å². The van der Waals surface area contributed by atoms with Crippen LogP contribution in [0, 0.1) is 17.6 Å². The van der Waals surface area contributed by atoms with Crippen molar-refractivity contribution in [3.8, 4) is 28.0 Å². The minimum absolute atomic E-state index is 0.0263. The van der Waals surface area contributed by atoms with E-state index in [1.807, 2.05) is 31.2 Å². The third kappa shape index (κ3) is 5.14. The Bertz CT molecular complexity index is 1120. The molecule has 4 rings (SSSR count). The minimum Gasteiger partial charge on any atom is -0.493 e. The lowest BCUT2D eigenvalue weighted by Crippen LogP contribution is -2.22. The molecule has 0 bridgehead atoms. The number of hydrogen-bond donors (Lipinski definition) is 0. The van der Waals surface area contributed by atoms with E-state index < -0.39 is 17.7 Å². The molecule has 2 atom stereocenters. The number of hydrogen-bond acceptors (Lipinski definition) is 2. The van der Waals surface area contributed by atoms with E-state index in [1.165, 1.54) is 7.11 Å². The van der Waals surface area contributed by atoms with Gasteiger partial charge < -0.3 is 9.47 Å². The van der Waals surface area contributed by atoms with Crippen molar-refractivity contribution in [2.45, 2.75) is 32.3 Å². The second-order valence-corrected chi connectivity index (χ2v) is 8.29. The predicted molar refractivity (Wildman–Crippen MR) is 125 cm³/mol. The molecule has 0 heterocycles. The summed E-state index contributed by atoms with van der Waals surface area (Å²) in [7, 11) is 1.50. The summed E-state index contributed by atoms with van der Waals surface area (Å²) >= 11 is 0. The van der Waals surface area contributed by atoms with Crippen molar-refractivity contribution in [2.75, 3.05) is 13.7 Å². The second kappa shape index (κ2) is 10.3. The quantitative estimate of drug-likeness (QED) is 0.369. The predicted octanol–water partition coefficient (Wildman–Crippen LogP) is 7.52. The van der Waals surface area contributed by atoms with Crippen molar-refractivity contribution in [2.24, 2.45) is 5.92 Å². The van der Waals surface area contributed by atoms with Crippen LogP contribution in [0.2, 0.25) is 0 Å². The number of halogens is 3. The van der Waals surface area contributed by atoms with Gasteiger partial charge in [-0.05, 0) is 54.2 Å². The van der Waals surface area contributed by atoms with Gasteiger partial charge in [-0.2, -0.15) is 0 Å². The van der Waals surface area contributed by atoms with Crippen LogP contribution in [-0.4, -0.2) is 19.8 Å². The van der Waals surface area contributed by atoms with Crippen LogP contribution in [0.15, 0.2) is 72.6 Å². The van der Waals surface area contributed by atoms with Crippen LogP contribution < -0.4 is 4.74 Å². The molecule has 0 fully saturated rings. The maximum Gasteiger partial charge on any atom is 0.167 e. The van der Waals surface area contributed by atoms with Gasteiger partial charge in [0, 0.05) is 24.2 Å². The monoisotopic (exact) mass is 452 g/mol. The van der Waals surface area contributed by atoms with Crippen LogP contribution in [0.25, 0.3) is 22.3 Å². The summed E-state index contributed by atoms with van der Waals surface area (Å²) in [5.74, 6) is -1.43. The molecule has 0 N–H and O–H groups in total. The standard InChI is InChI=1S/C28H27F3O2/c1-3-18-4-7-20(8-5-18)23-13-14-24(28(31)27(23)30)21-9-11-22(12-10-21)33-17-19-6-15-26(32-2)25(29)16-19/h4-5,7-14,16,19,26H,3,6,15,17H2,1-2H3. The van der Waals surface area contributed by atoms with Gasteiger partial charge in [-0.25, -0.2) is 13.2 Å². The third-order valence-corrected chi connectivity index (χ3v) is 6.17. The second-order valence-electron chi connectivity index (χ2n) is 8.29. The Morgan fingerprint density at radius 3 is 1.88 bits per heavy atom. The Morgan fingerprint density at radius 1 is 0.788 bits per heavy atom. The number of rotatable bonds is 7. The number of benzene rings is 3. The van der Waals surface area contributed by atoms with E-state index >= 15 is 0 Å². The van der Waals surface area contributed by atoms with Crippen molar-refractivity contribution in [1.82, 2.24) is 0 Å². The summed E-state index contributed by atoms with van der Waals surface area (Å²) < 4.78 is 54.6. The highest BCUT2D eigenvalue weighted by Gasteiger charge is 2.23. The average molecular weight is 453 g/mol. The molecular formula is C28H27F3O2. The van der Waals surface area contributed by atoms with Crippen molar-refractivity contribution in [1.29, 1.82) is 0 Å². The van der Waals surface area contributed by atoms with Crippen LogP contribution in [0.5, 0.6) is 5.75 Å². The first-order chi connectivity index (χ1) is 16.0. The van der Waals surface area contributed by atoms with E-state index in [4.69, 9.17) is 9.47 Å². The fourth-order valence-corrected chi connectivity index (χ4v) is 4.13. The molecular weight excluding hydrogens is 425 g/mol. The van der Waals surface area contributed by atoms with Crippen molar-refractivity contribution in [3.05, 3.63) is 89.8 Å². The van der Waals surface area contributed by atoms with Gasteiger partial charge in [-0.1, -0.05) is 55.5 Å². The van der Waals surface area contributed by atoms with Crippen molar-refractivity contribution < 1.29 is 22.6 Å². The molecule has 0 amide bonds. The topological polar surface area (TPSA) is 18.5 Å². The summed E-state index contributed by atoms with van der Waals surface area (Å²) in [6.07, 6.45) is 3.38. The molecule has 0 radical (unpaired) electrons. The first kappa shape index (κ1) is 23.1. The number of methoxy groups -OCH3 is 1. The maximum absolute atomic E-state index is 14.9. The van der Waals surface area contributed by atoms with Crippen molar-refractivity contribution in [3.63, 3.8) is 0 Å². The molecule has 0 spiro atoms. The minimum atomic E-state index is -0.878. The summed E-state index contributed by atoms with van der Waals surface area (Å²) in [5, 5.41) is 0. The molecule has 0 saturated heterocycles. The summed E-state index contributed by atoms with van der Waals surface area (Å²) in [5.41, 5.74) is 2.77. The normalized spacial score (nSPS) is 18.2. The molecule has 0 saturated carbocycles. The largest absolute Gasteiger partial charge is 0.493 e. The molecule has 3 aromatic rings. The fourth-order valence-electron chi connectivity index (χ4n) is 4.13. The highest BCUT2D eigenvalue weighted by Crippen LogP contribution is 2.33. The Labute approximate surface area is 192 Å². The van der Waals surface area contributed by atoms with E-state index in [-0.39, 0.29) is 22.9 Å². The smallest absolute Gasteiger partial charge is 0.167 e. The Kier molecular flexibility index (Phi) is 7.19. The van der Waals surface area contributed by atoms with Gasteiger partial charge >= 0.3 is 0 Å². The van der Waals surface area contributed by atoms with Crippen LogP contribution in [0.4, 0.5) is 13.2 Å². The number of aryl methyl sites for hydroxylation is 1. The van der Waals surface area contributed by atoms with Gasteiger partial charge in [0.15, 0.2) is 11.6 Å². The zero-order valence-corrected chi connectivity index (χ0v) is 18.8. The van der Waals surface area contributed by atoms with Crippen molar-refractivity contribution >= 4 is 0 Å². The average Bonchev–Trinajstić information content (AvgIpc) is 2.85. The zero-order chi connectivity index (χ0) is 23.4. The lowest BCUT2D eigenvalue weighted by molar-refractivity contribution is 0.0874.